The molecule has 94 valence electrons. The van der Waals surface area contributed by atoms with Crippen molar-refractivity contribution < 1.29 is 4.74 Å². The first-order valence-electron chi connectivity index (χ1n) is 6.07. The van der Waals surface area contributed by atoms with E-state index in [-0.39, 0.29) is 11.5 Å². The Morgan fingerprint density at radius 3 is 2.88 bits per heavy atom. The van der Waals surface area contributed by atoms with Crippen LogP contribution in [0.1, 0.15) is 26.7 Å². The lowest BCUT2D eigenvalue weighted by Gasteiger charge is -2.17. The molecule has 1 aromatic heterocycles. The van der Waals surface area contributed by atoms with Crippen LogP contribution < -0.4 is 10.1 Å². The third kappa shape index (κ3) is 3.25. The van der Waals surface area contributed by atoms with Crippen molar-refractivity contribution in [3.63, 3.8) is 0 Å². The summed E-state index contributed by atoms with van der Waals surface area (Å²) >= 11 is 5.95. The molecule has 1 aliphatic rings. The Labute approximate surface area is 108 Å². The van der Waals surface area contributed by atoms with Gasteiger partial charge in [0.2, 0.25) is 0 Å². The maximum atomic E-state index is 5.95. The normalized spacial score (nSPS) is 16.9. The summed E-state index contributed by atoms with van der Waals surface area (Å²) in [5.74, 6) is 2.35. The minimum Gasteiger partial charge on any atom is -0.487 e. The van der Waals surface area contributed by atoms with Gasteiger partial charge in [0.25, 0.3) is 0 Å². The number of hydrogen-bond acceptors (Lipinski definition) is 3. The fraction of sp³-hybridized carbons (Fsp3) is 0.615. The summed E-state index contributed by atoms with van der Waals surface area (Å²) in [5, 5.41) is 3.35. The second-order valence-corrected chi connectivity index (χ2v) is 5.27. The molecule has 0 atom stereocenters. The molecule has 0 aromatic carbocycles. The first-order chi connectivity index (χ1) is 8.15. The molecule has 0 unspecified atom stereocenters. The average molecular weight is 255 g/mol. The molecule has 0 saturated heterocycles. The molecule has 1 saturated carbocycles. The molecule has 1 N–H and O–H groups in total. The number of rotatable bonds is 6. The number of alkyl halides is 1. The van der Waals surface area contributed by atoms with E-state index in [1.54, 1.807) is 6.20 Å². The van der Waals surface area contributed by atoms with Gasteiger partial charge in [0.1, 0.15) is 0 Å². The van der Waals surface area contributed by atoms with Gasteiger partial charge >= 0.3 is 0 Å². The van der Waals surface area contributed by atoms with Crippen LogP contribution in [0.15, 0.2) is 18.3 Å². The molecule has 0 amide bonds. The highest BCUT2D eigenvalue weighted by atomic mass is 35.5. The number of pyridine rings is 1. The fourth-order valence-electron chi connectivity index (χ4n) is 1.68. The van der Waals surface area contributed by atoms with Crippen molar-refractivity contribution >= 4 is 17.4 Å². The van der Waals surface area contributed by atoms with Crippen molar-refractivity contribution in [2.75, 3.05) is 17.7 Å². The molecule has 1 aliphatic carbocycles. The van der Waals surface area contributed by atoms with E-state index in [0.717, 1.165) is 18.1 Å². The lowest BCUT2D eigenvalue weighted by molar-refractivity contribution is 0.243. The van der Waals surface area contributed by atoms with Crippen molar-refractivity contribution in [2.24, 2.45) is 5.41 Å². The van der Waals surface area contributed by atoms with E-state index in [4.69, 9.17) is 16.3 Å². The largest absolute Gasteiger partial charge is 0.487 e. The van der Waals surface area contributed by atoms with Gasteiger partial charge in [0, 0.05) is 24.0 Å². The summed E-state index contributed by atoms with van der Waals surface area (Å²) in [6.45, 7) is 4.90. The molecule has 4 heteroatoms. The maximum Gasteiger partial charge on any atom is 0.168 e. The predicted molar refractivity (Wildman–Crippen MR) is 70.9 cm³/mol. The summed E-state index contributed by atoms with van der Waals surface area (Å²) in [5.41, 5.74) is 0.286. The first kappa shape index (κ1) is 12.5. The second kappa shape index (κ2) is 5.13. The number of hydrogen-bond donors (Lipinski definition) is 1. The zero-order valence-electron chi connectivity index (χ0n) is 10.4. The van der Waals surface area contributed by atoms with Gasteiger partial charge in [0.15, 0.2) is 11.6 Å². The van der Waals surface area contributed by atoms with E-state index in [9.17, 15) is 0 Å². The molecule has 1 aromatic rings. The van der Waals surface area contributed by atoms with Crippen LogP contribution in [-0.4, -0.2) is 23.5 Å². The van der Waals surface area contributed by atoms with Crippen LogP contribution in [0.2, 0.25) is 0 Å². The van der Waals surface area contributed by atoms with E-state index in [1.807, 2.05) is 26.0 Å². The van der Waals surface area contributed by atoms with Gasteiger partial charge in [-0.3, -0.25) is 0 Å². The molecule has 0 aliphatic heterocycles. The van der Waals surface area contributed by atoms with Crippen LogP contribution in [-0.2, 0) is 0 Å². The monoisotopic (exact) mass is 254 g/mol. The summed E-state index contributed by atoms with van der Waals surface area (Å²) in [6.07, 6.45) is 4.34. The smallest absolute Gasteiger partial charge is 0.168 e. The zero-order chi connectivity index (χ0) is 12.3. The minimum atomic E-state index is 0.155. The van der Waals surface area contributed by atoms with Crippen molar-refractivity contribution in [2.45, 2.75) is 32.8 Å². The van der Waals surface area contributed by atoms with Gasteiger partial charge < -0.3 is 10.1 Å². The number of nitrogens with zero attached hydrogens (tertiary/aromatic N) is 1. The van der Waals surface area contributed by atoms with Gasteiger partial charge in [-0.25, -0.2) is 4.98 Å². The van der Waals surface area contributed by atoms with Crippen molar-refractivity contribution in [1.82, 2.24) is 4.98 Å². The SMILES string of the molecule is CC(C)Oc1cccnc1NCC1(CCl)CC1. The topological polar surface area (TPSA) is 34.1 Å². The Morgan fingerprint density at radius 1 is 1.53 bits per heavy atom. The Morgan fingerprint density at radius 2 is 2.29 bits per heavy atom. The van der Waals surface area contributed by atoms with Gasteiger partial charge in [-0.15, -0.1) is 11.6 Å². The Bertz CT molecular complexity index is 377. The molecule has 1 heterocycles. The van der Waals surface area contributed by atoms with E-state index in [2.05, 4.69) is 10.3 Å². The standard InChI is InChI=1S/C13H19ClN2O/c1-10(2)17-11-4-3-7-15-12(11)16-9-13(8-14)5-6-13/h3-4,7,10H,5-6,8-9H2,1-2H3,(H,15,16). The van der Waals surface area contributed by atoms with E-state index >= 15 is 0 Å². The summed E-state index contributed by atoms with van der Waals surface area (Å²) in [4.78, 5) is 4.32. The Hall–Kier alpha value is -0.960. The number of nitrogens with one attached hydrogen (secondary N) is 1. The van der Waals surface area contributed by atoms with Crippen molar-refractivity contribution in [3.8, 4) is 5.75 Å². The predicted octanol–water partition coefficient (Wildman–Crippen LogP) is 3.30. The first-order valence-corrected chi connectivity index (χ1v) is 6.60. The van der Waals surface area contributed by atoms with Crippen LogP contribution in [0.3, 0.4) is 0 Å². The van der Waals surface area contributed by atoms with Crippen molar-refractivity contribution in [1.29, 1.82) is 0 Å². The van der Waals surface area contributed by atoms with Crippen LogP contribution in [0, 0.1) is 5.41 Å². The van der Waals surface area contributed by atoms with Crippen LogP contribution in [0.5, 0.6) is 5.75 Å². The highest BCUT2D eigenvalue weighted by Gasteiger charge is 2.41. The number of halogens is 1. The molecule has 17 heavy (non-hydrogen) atoms. The molecular weight excluding hydrogens is 236 g/mol. The molecule has 0 radical (unpaired) electrons. The van der Waals surface area contributed by atoms with E-state index in [1.165, 1.54) is 12.8 Å². The highest BCUT2D eigenvalue weighted by molar-refractivity contribution is 6.18. The van der Waals surface area contributed by atoms with E-state index in [0.29, 0.717) is 5.88 Å². The fourth-order valence-corrected chi connectivity index (χ4v) is 2.04. The van der Waals surface area contributed by atoms with Crippen LogP contribution in [0.25, 0.3) is 0 Å². The van der Waals surface area contributed by atoms with Crippen LogP contribution in [0.4, 0.5) is 5.82 Å². The maximum absolute atomic E-state index is 5.95. The summed E-state index contributed by atoms with van der Waals surface area (Å²) in [6, 6.07) is 3.83. The zero-order valence-corrected chi connectivity index (χ0v) is 11.1. The third-order valence-electron chi connectivity index (χ3n) is 3.00. The summed E-state index contributed by atoms with van der Waals surface area (Å²) < 4.78 is 5.71. The molecule has 3 nitrogen and oxygen atoms in total. The summed E-state index contributed by atoms with van der Waals surface area (Å²) in [7, 11) is 0. The average Bonchev–Trinajstić information content (AvgIpc) is 3.08. The lowest BCUT2D eigenvalue weighted by atomic mass is 10.1. The quantitative estimate of drug-likeness (QED) is 0.791. The Kier molecular flexibility index (Phi) is 3.77. The van der Waals surface area contributed by atoms with Gasteiger partial charge in [-0.05, 0) is 38.8 Å². The van der Waals surface area contributed by atoms with Gasteiger partial charge in [0.05, 0.1) is 6.10 Å². The van der Waals surface area contributed by atoms with Crippen LogP contribution >= 0.6 is 11.6 Å². The van der Waals surface area contributed by atoms with E-state index < -0.39 is 0 Å². The molecule has 0 spiro atoms. The third-order valence-corrected chi connectivity index (χ3v) is 3.57. The lowest BCUT2D eigenvalue weighted by Crippen LogP contribution is -2.18. The van der Waals surface area contributed by atoms with Gasteiger partial charge in [-0.2, -0.15) is 0 Å². The molecule has 0 bridgehead atoms. The van der Waals surface area contributed by atoms with Crippen molar-refractivity contribution in [3.05, 3.63) is 18.3 Å². The highest BCUT2D eigenvalue weighted by Crippen LogP contribution is 2.46. The Balaban J connectivity index is 1.99. The molecule has 2 rings (SSSR count). The molecular formula is C13H19ClN2O. The number of ether oxygens (including phenoxy) is 1. The molecule has 1 fully saturated rings. The second-order valence-electron chi connectivity index (χ2n) is 5.00. The number of anilines is 1. The minimum absolute atomic E-state index is 0.155. The number of aromatic nitrogens is 1. The van der Waals surface area contributed by atoms with Gasteiger partial charge in [-0.1, -0.05) is 0 Å².